The average molecular weight is 272 g/mol. The SMILES string of the molecule is CCC1CCC(N)C(=O)N2C(C(=O)OC)CSC12. The third-order valence-corrected chi connectivity index (χ3v) is 5.32. The fourth-order valence-corrected chi connectivity index (χ4v) is 4.43. The molecule has 0 aromatic rings. The van der Waals surface area contributed by atoms with Gasteiger partial charge in [0.05, 0.1) is 18.5 Å². The Hall–Kier alpha value is -0.750. The number of nitrogens with zero attached hydrogens (tertiary/aromatic N) is 1. The van der Waals surface area contributed by atoms with E-state index in [-0.39, 0.29) is 17.3 Å². The molecule has 102 valence electrons. The summed E-state index contributed by atoms with van der Waals surface area (Å²) in [5.74, 6) is 0.604. The standard InChI is InChI=1S/C12H20N2O3S/c1-3-7-4-5-8(13)10(15)14-9(12(16)17-2)6-18-11(7)14/h7-9,11H,3-6,13H2,1-2H3. The van der Waals surface area contributed by atoms with E-state index >= 15 is 0 Å². The van der Waals surface area contributed by atoms with Crippen LogP contribution in [-0.2, 0) is 14.3 Å². The molecule has 1 amide bonds. The van der Waals surface area contributed by atoms with Gasteiger partial charge >= 0.3 is 5.97 Å². The van der Waals surface area contributed by atoms with Crippen LogP contribution in [0, 0.1) is 5.92 Å². The monoisotopic (exact) mass is 272 g/mol. The van der Waals surface area contributed by atoms with E-state index in [0.29, 0.717) is 18.1 Å². The molecule has 0 aromatic carbocycles. The van der Waals surface area contributed by atoms with Crippen molar-refractivity contribution < 1.29 is 14.3 Å². The van der Waals surface area contributed by atoms with Gasteiger partial charge in [-0.15, -0.1) is 11.8 Å². The molecule has 2 aliphatic rings. The first-order chi connectivity index (χ1) is 8.60. The second-order valence-electron chi connectivity index (χ2n) is 4.86. The Morgan fingerprint density at radius 1 is 1.56 bits per heavy atom. The van der Waals surface area contributed by atoms with Gasteiger partial charge in [0.15, 0.2) is 0 Å². The van der Waals surface area contributed by atoms with Crippen LogP contribution in [0.5, 0.6) is 0 Å². The van der Waals surface area contributed by atoms with Gasteiger partial charge in [0.25, 0.3) is 0 Å². The number of rotatable bonds is 2. The predicted octanol–water partition coefficient (Wildman–Crippen LogP) is 0.577. The Labute approximate surface area is 111 Å². The second-order valence-corrected chi connectivity index (χ2v) is 6.01. The van der Waals surface area contributed by atoms with E-state index in [1.807, 2.05) is 0 Å². The number of ether oxygens (including phenoxy) is 1. The van der Waals surface area contributed by atoms with E-state index in [1.165, 1.54) is 7.11 Å². The number of esters is 1. The van der Waals surface area contributed by atoms with Crippen molar-refractivity contribution >= 4 is 23.6 Å². The van der Waals surface area contributed by atoms with E-state index in [0.717, 1.165) is 12.8 Å². The summed E-state index contributed by atoms with van der Waals surface area (Å²) in [6.07, 6.45) is 2.66. The minimum atomic E-state index is -0.477. The van der Waals surface area contributed by atoms with Crippen LogP contribution in [0.15, 0.2) is 0 Å². The van der Waals surface area contributed by atoms with Gasteiger partial charge in [0.1, 0.15) is 6.04 Å². The van der Waals surface area contributed by atoms with Crippen molar-refractivity contribution in [3.8, 4) is 0 Å². The number of methoxy groups -OCH3 is 1. The molecule has 4 atom stereocenters. The number of thioether (sulfide) groups is 1. The number of fused-ring (bicyclic) bond motifs is 1. The third kappa shape index (κ3) is 2.23. The molecule has 2 aliphatic heterocycles. The molecule has 2 heterocycles. The Morgan fingerprint density at radius 2 is 2.28 bits per heavy atom. The minimum absolute atomic E-state index is 0.0835. The number of amides is 1. The molecule has 0 radical (unpaired) electrons. The molecule has 5 nitrogen and oxygen atoms in total. The normalized spacial score (nSPS) is 36.2. The average Bonchev–Trinajstić information content (AvgIpc) is 2.77. The number of carbonyl (C=O) groups excluding carboxylic acids is 2. The minimum Gasteiger partial charge on any atom is -0.467 e. The third-order valence-electron chi connectivity index (χ3n) is 3.86. The van der Waals surface area contributed by atoms with Gasteiger partial charge in [-0.3, -0.25) is 4.79 Å². The summed E-state index contributed by atoms with van der Waals surface area (Å²) in [4.78, 5) is 25.7. The highest BCUT2D eigenvalue weighted by molar-refractivity contribution is 8.00. The molecular weight excluding hydrogens is 252 g/mol. The summed E-state index contributed by atoms with van der Waals surface area (Å²) in [5.41, 5.74) is 5.90. The van der Waals surface area contributed by atoms with Crippen molar-refractivity contribution in [2.24, 2.45) is 11.7 Å². The molecule has 2 fully saturated rings. The van der Waals surface area contributed by atoms with Gasteiger partial charge < -0.3 is 15.4 Å². The first-order valence-corrected chi connectivity index (χ1v) is 7.42. The zero-order valence-corrected chi connectivity index (χ0v) is 11.6. The van der Waals surface area contributed by atoms with Crippen LogP contribution in [-0.4, -0.2) is 47.1 Å². The maximum atomic E-state index is 12.3. The Morgan fingerprint density at radius 3 is 2.89 bits per heavy atom. The van der Waals surface area contributed by atoms with Gasteiger partial charge in [-0.2, -0.15) is 0 Å². The van der Waals surface area contributed by atoms with Crippen molar-refractivity contribution in [3.05, 3.63) is 0 Å². The molecule has 0 spiro atoms. The molecule has 0 saturated carbocycles. The molecule has 2 rings (SSSR count). The Kier molecular flexibility index (Phi) is 4.17. The highest BCUT2D eigenvalue weighted by Gasteiger charge is 2.47. The fourth-order valence-electron chi connectivity index (χ4n) is 2.74. The van der Waals surface area contributed by atoms with E-state index in [1.54, 1.807) is 16.7 Å². The van der Waals surface area contributed by atoms with E-state index in [2.05, 4.69) is 6.92 Å². The highest BCUT2D eigenvalue weighted by atomic mass is 32.2. The van der Waals surface area contributed by atoms with Gasteiger partial charge in [0.2, 0.25) is 5.91 Å². The number of nitrogens with two attached hydrogens (primary N) is 1. The van der Waals surface area contributed by atoms with E-state index in [9.17, 15) is 9.59 Å². The molecule has 0 aromatic heterocycles. The van der Waals surface area contributed by atoms with Gasteiger partial charge in [-0.05, 0) is 18.8 Å². The summed E-state index contributed by atoms with van der Waals surface area (Å²) < 4.78 is 4.79. The second kappa shape index (κ2) is 5.48. The molecule has 6 heteroatoms. The largest absolute Gasteiger partial charge is 0.467 e. The van der Waals surface area contributed by atoms with E-state index in [4.69, 9.17) is 10.5 Å². The fraction of sp³-hybridized carbons (Fsp3) is 0.833. The van der Waals surface area contributed by atoms with Crippen LogP contribution < -0.4 is 5.73 Å². The predicted molar refractivity (Wildman–Crippen MR) is 69.9 cm³/mol. The van der Waals surface area contributed by atoms with Crippen LogP contribution in [0.4, 0.5) is 0 Å². The topological polar surface area (TPSA) is 72.6 Å². The van der Waals surface area contributed by atoms with Crippen molar-refractivity contribution in [1.82, 2.24) is 4.90 Å². The maximum absolute atomic E-state index is 12.3. The highest BCUT2D eigenvalue weighted by Crippen LogP contribution is 2.40. The van der Waals surface area contributed by atoms with Crippen molar-refractivity contribution in [1.29, 1.82) is 0 Å². The summed E-state index contributed by atoms with van der Waals surface area (Å²) in [6, 6.07) is -0.939. The van der Waals surface area contributed by atoms with Gasteiger partial charge in [0, 0.05) is 5.75 Å². The zero-order chi connectivity index (χ0) is 13.3. The number of carbonyl (C=O) groups is 2. The number of hydrogen-bond donors (Lipinski definition) is 1. The first kappa shape index (κ1) is 13.7. The summed E-state index contributed by atoms with van der Waals surface area (Å²) in [6.45, 7) is 2.12. The molecular formula is C12H20N2O3S. The van der Waals surface area contributed by atoms with Crippen LogP contribution in [0.2, 0.25) is 0 Å². The zero-order valence-electron chi connectivity index (χ0n) is 10.8. The van der Waals surface area contributed by atoms with Crippen LogP contribution in [0.25, 0.3) is 0 Å². The smallest absolute Gasteiger partial charge is 0.329 e. The van der Waals surface area contributed by atoms with E-state index < -0.39 is 12.1 Å². The summed E-state index contributed by atoms with van der Waals surface area (Å²) in [5, 5.41) is 0.0835. The molecule has 2 saturated heterocycles. The lowest BCUT2D eigenvalue weighted by Crippen LogP contribution is -2.51. The van der Waals surface area contributed by atoms with Crippen molar-refractivity contribution in [3.63, 3.8) is 0 Å². The quantitative estimate of drug-likeness (QED) is 0.744. The molecule has 4 unspecified atom stereocenters. The molecule has 2 N–H and O–H groups in total. The molecule has 0 aliphatic carbocycles. The first-order valence-electron chi connectivity index (χ1n) is 6.37. The lowest BCUT2D eigenvalue weighted by molar-refractivity contribution is -0.152. The van der Waals surface area contributed by atoms with Crippen molar-refractivity contribution in [2.75, 3.05) is 12.9 Å². The molecule has 0 bridgehead atoms. The van der Waals surface area contributed by atoms with Crippen LogP contribution in [0.1, 0.15) is 26.2 Å². The summed E-state index contributed by atoms with van der Waals surface area (Å²) in [7, 11) is 1.36. The lowest BCUT2D eigenvalue weighted by Gasteiger charge is -2.30. The van der Waals surface area contributed by atoms with Crippen LogP contribution in [0.3, 0.4) is 0 Å². The maximum Gasteiger partial charge on any atom is 0.329 e. The Bertz CT molecular complexity index is 350. The number of hydrogen-bond acceptors (Lipinski definition) is 5. The van der Waals surface area contributed by atoms with Crippen LogP contribution >= 0.6 is 11.8 Å². The lowest BCUT2D eigenvalue weighted by atomic mass is 9.99. The van der Waals surface area contributed by atoms with Gasteiger partial charge in [-0.25, -0.2) is 4.79 Å². The van der Waals surface area contributed by atoms with Crippen molar-refractivity contribution in [2.45, 2.75) is 43.6 Å². The van der Waals surface area contributed by atoms with Gasteiger partial charge in [-0.1, -0.05) is 13.3 Å². The Balaban J connectivity index is 2.27. The summed E-state index contributed by atoms with van der Waals surface area (Å²) >= 11 is 1.68. The molecule has 18 heavy (non-hydrogen) atoms.